The predicted molar refractivity (Wildman–Crippen MR) is 94.4 cm³/mol. The van der Waals surface area contributed by atoms with Gasteiger partial charge in [0.15, 0.2) is 0 Å². The highest BCUT2D eigenvalue weighted by Gasteiger charge is 2.36. The number of amides is 2. The third kappa shape index (κ3) is 4.18. The predicted octanol–water partition coefficient (Wildman–Crippen LogP) is 2.50. The smallest absolute Gasteiger partial charge is 0.321 e. The van der Waals surface area contributed by atoms with E-state index in [-0.39, 0.29) is 6.03 Å². The molecule has 132 valence electrons. The molecule has 0 unspecified atom stereocenters. The Bertz CT molecular complexity index is 596. The molecule has 1 aromatic rings. The van der Waals surface area contributed by atoms with Gasteiger partial charge in [-0.3, -0.25) is 0 Å². The molecule has 2 N–H and O–H groups in total. The number of rotatable bonds is 3. The minimum atomic E-state index is -0.668. The molecule has 2 aliphatic heterocycles. The van der Waals surface area contributed by atoms with Crippen molar-refractivity contribution in [1.82, 2.24) is 14.8 Å². The Morgan fingerprint density at radius 1 is 1.29 bits per heavy atom. The van der Waals surface area contributed by atoms with Crippen LogP contribution in [0.3, 0.4) is 0 Å². The van der Waals surface area contributed by atoms with Crippen LogP contribution in [0.4, 0.5) is 10.5 Å². The molecule has 2 amide bonds. The zero-order valence-corrected chi connectivity index (χ0v) is 14.8. The normalized spacial score (nSPS) is 21.0. The van der Waals surface area contributed by atoms with Gasteiger partial charge in [0.05, 0.1) is 17.0 Å². The van der Waals surface area contributed by atoms with Crippen molar-refractivity contribution in [2.75, 3.05) is 38.0 Å². The number of nitrogens with one attached hydrogen (secondary N) is 1. The molecule has 0 radical (unpaired) electrons. The van der Waals surface area contributed by atoms with Gasteiger partial charge in [-0.05, 0) is 57.8 Å². The first kappa shape index (κ1) is 17.5. The van der Waals surface area contributed by atoms with Crippen molar-refractivity contribution in [2.24, 2.45) is 0 Å². The number of piperidine rings is 1. The fourth-order valence-corrected chi connectivity index (χ4v) is 3.69. The lowest BCUT2D eigenvalue weighted by molar-refractivity contribution is -0.0331. The third-order valence-electron chi connectivity index (χ3n) is 4.99. The summed E-state index contributed by atoms with van der Waals surface area (Å²) in [5.41, 5.74) is 0.694. The molecule has 0 bridgehead atoms. The minimum Gasteiger partial charge on any atom is -0.388 e. The largest absolute Gasteiger partial charge is 0.388 e. The van der Waals surface area contributed by atoms with Crippen LogP contribution in [0, 0.1) is 6.92 Å². The second kappa shape index (κ2) is 7.25. The van der Waals surface area contributed by atoms with Crippen molar-refractivity contribution >= 4 is 23.3 Å². The van der Waals surface area contributed by atoms with Crippen LogP contribution >= 0.6 is 11.6 Å². The molecule has 2 fully saturated rings. The minimum absolute atomic E-state index is 0.148. The highest BCUT2D eigenvalue weighted by molar-refractivity contribution is 6.29. The SMILES string of the molecule is Cc1nc(Cl)ccc1NC(=O)N1CCC(O)(CN2CCCC2)CC1. The van der Waals surface area contributed by atoms with Crippen LogP contribution in [0.5, 0.6) is 0 Å². The number of carbonyl (C=O) groups excluding carboxylic acids is 1. The Morgan fingerprint density at radius 3 is 2.58 bits per heavy atom. The first-order chi connectivity index (χ1) is 11.5. The standard InChI is InChI=1S/C17H25ClN4O2/c1-13-14(4-5-15(18)19-13)20-16(23)22-10-6-17(24,7-11-22)12-21-8-2-3-9-21/h4-5,24H,2-3,6-12H2,1H3,(H,20,23). The fourth-order valence-electron chi connectivity index (χ4n) is 3.50. The second-order valence-electron chi connectivity index (χ2n) is 6.89. The summed E-state index contributed by atoms with van der Waals surface area (Å²) >= 11 is 5.84. The summed E-state index contributed by atoms with van der Waals surface area (Å²) < 4.78 is 0. The third-order valence-corrected chi connectivity index (χ3v) is 5.20. The van der Waals surface area contributed by atoms with Gasteiger partial charge in [0, 0.05) is 19.6 Å². The summed E-state index contributed by atoms with van der Waals surface area (Å²) in [7, 11) is 0. The zero-order chi connectivity index (χ0) is 17.2. The van der Waals surface area contributed by atoms with Crippen molar-refractivity contribution in [2.45, 2.75) is 38.2 Å². The molecule has 0 atom stereocenters. The number of anilines is 1. The number of pyridine rings is 1. The number of likely N-dealkylation sites (tertiary alicyclic amines) is 2. The van der Waals surface area contributed by atoms with Gasteiger partial charge >= 0.3 is 6.03 Å². The van der Waals surface area contributed by atoms with Crippen LogP contribution in [0.25, 0.3) is 0 Å². The molecule has 3 heterocycles. The number of aryl methyl sites for hydroxylation is 1. The maximum absolute atomic E-state index is 12.4. The lowest BCUT2D eigenvalue weighted by Crippen LogP contribution is -2.52. The van der Waals surface area contributed by atoms with Crippen LogP contribution in [-0.2, 0) is 0 Å². The van der Waals surface area contributed by atoms with E-state index in [1.807, 2.05) is 6.92 Å². The van der Waals surface area contributed by atoms with Crippen LogP contribution in [-0.4, -0.2) is 64.2 Å². The van der Waals surface area contributed by atoms with Crippen molar-refractivity contribution in [3.63, 3.8) is 0 Å². The monoisotopic (exact) mass is 352 g/mol. The maximum atomic E-state index is 12.4. The number of hydrogen-bond acceptors (Lipinski definition) is 4. The van der Waals surface area contributed by atoms with E-state index >= 15 is 0 Å². The molecule has 2 aliphatic rings. The Morgan fingerprint density at radius 2 is 1.96 bits per heavy atom. The molecule has 0 aliphatic carbocycles. The van der Waals surface area contributed by atoms with Gasteiger partial charge in [-0.1, -0.05) is 11.6 Å². The van der Waals surface area contributed by atoms with Gasteiger partial charge in [0.2, 0.25) is 0 Å². The van der Waals surface area contributed by atoms with Gasteiger partial charge in [0.1, 0.15) is 5.15 Å². The van der Waals surface area contributed by atoms with Gasteiger partial charge in [0.25, 0.3) is 0 Å². The molecule has 6 nitrogen and oxygen atoms in total. The van der Waals surface area contributed by atoms with Crippen molar-refractivity contribution in [1.29, 1.82) is 0 Å². The molecule has 3 rings (SSSR count). The number of aromatic nitrogens is 1. The van der Waals surface area contributed by atoms with Crippen molar-refractivity contribution in [3.05, 3.63) is 23.0 Å². The summed E-state index contributed by atoms with van der Waals surface area (Å²) in [6.45, 7) is 5.83. The lowest BCUT2D eigenvalue weighted by atomic mass is 9.91. The molecule has 1 aromatic heterocycles. The fraction of sp³-hybridized carbons (Fsp3) is 0.647. The van der Waals surface area contributed by atoms with Gasteiger partial charge in [-0.2, -0.15) is 0 Å². The van der Waals surface area contributed by atoms with E-state index in [1.165, 1.54) is 12.8 Å². The Hall–Kier alpha value is -1.37. The highest BCUT2D eigenvalue weighted by Crippen LogP contribution is 2.26. The number of β-amino-alcohol motifs (C(OH)–C–C–N with tert-alkyl or cyclic N) is 1. The number of aliphatic hydroxyl groups is 1. The van der Waals surface area contributed by atoms with Crippen LogP contribution in [0.2, 0.25) is 5.15 Å². The summed E-state index contributed by atoms with van der Waals surface area (Å²) in [6, 6.07) is 3.27. The Kier molecular flexibility index (Phi) is 5.27. The van der Waals surface area contributed by atoms with E-state index in [0.717, 1.165) is 19.6 Å². The molecule has 24 heavy (non-hydrogen) atoms. The van der Waals surface area contributed by atoms with Crippen molar-refractivity contribution < 1.29 is 9.90 Å². The first-order valence-electron chi connectivity index (χ1n) is 8.59. The van der Waals surface area contributed by atoms with E-state index in [0.29, 0.717) is 42.5 Å². The van der Waals surface area contributed by atoms with Gasteiger partial charge in [-0.25, -0.2) is 9.78 Å². The van der Waals surface area contributed by atoms with Crippen molar-refractivity contribution in [3.8, 4) is 0 Å². The maximum Gasteiger partial charge on any atom is 0.321 e. The molecular formula is C17H25ClN4O2. The summed E-state index contributed by atoms with van der Waals surface area (Å²) in [5, 5.41) is 14.1. The summed E-state index contributed by atoms with van der Waals surface area (Å²) in [6.07, 6.45) is 3.68. The summed E-state index contributed by atoms with van der Waals surface area (Å²) in [4.78, 5) is 20.6. The molecule has 0 aromatic carbocycles. The first-order valence-corrected chi connectivity index (χ1v) is 8.97. The quantitative estimate of drug-likeness (QED) is 0.820. The van der Waals surface area contributed by atoms with E-state index < -0.39 is 5.60 Å². The number of urea groups is 1. The number of halogens is 1. The van der Waals surface area contributed by atoms with Gasteiger partial charge < -0.3 is 20.2 Å². The lowest BCUT2D eigenvalue weighted by Gasteiger charge is -2.40. The topological polar surface area (TPSA) is 68.7 Å². The highest BCUT2D eigenvalue weighted by atomic mass is 35.5. The number of nitrogens with zero attached hydrogens (tertiary/aromatic N) is 3. The molecular weight excluding hydrogens is 328 g/mol. The van der Waals surface area contributed by atoms with Gasteiger partial charge in [-0.15, -0.1) is 0 Å². The molecule has 0 saturated carbocycles. The number of carbonyl (C=O) groups is 1. The average molecular weight is 353 g/mol. The Labute approximate surface area is 147 Å². The van der Waals surface area contributed by atoms with Crippen LogP contribution in [0.15, 0.2) is 12.1 Å². The zero-order valence-electron chi connectivity index (χ0n) is 14.1. The van der Waals surface area contributed by atoms with E-state index in [9.17, 15) is 9.90 Å². The second-order valence-corrected chi connectivity index (χ2v) is 7.28. The molecule has 2 saturated heterocycles. The Balaban J connectivity index is 1.52. The van der Waals surface area contributed by atoms with E-state index in [2.05, 4.69) is 15.2 Å². The number of hydrogen-bond donors (Lipinski definition) is 2. The molecule has 0 spiro atoms. The van der Waals surface area contributed by atoms with E-state index in [4.69, 9.17) is 11.6 Å². The van der Waals surface area contributed by atoms with Crippen LogP contribution < -0.4 is 5.32 Å². The average Bonchev–Trinajstić information content (AvgIpc) is 3.03. The molecule has 7 heteroatoms. The van der Waals surface area contributed by atoms with Crippen LogP contribution in [0.1, 0.15) is 31.4 Å². The van der Waals surface area contributed by atoms with E-state index in [1.54, 1.807) is 17.0 Å². The summed E-state index contributed by atoms with van der Waals surface area (Å²) in [5.74, 6) is 0.